The van der Waals surface area contributed by atoms with E-state index in [4.69, 9.17) is 16.3 Å². The summed E-state index contributed by atoms with van der Waals surface area (Å²) in [4.78, 5) is 50.4. The number of amides is 3. The number of hydrogen-bond acceptors (Lipinski definition) is 5. The Labute approximate surface area is 172 Å². The number of imide groups is 1. The van der Waals surface area contributed by atoms with Gasteiger partial charge in [-0.05, 0) is 55.8 Å². The van der Waals surface area contributed by atoms with Crippen LogP contribution in [0.1, 0.15) is 51.3 Å². The summed E-state index contributed by atoms with van der Waals surface area (Å²) in [5, 5.41) is 3.11. The molecule has 2 aromatic carbocycles. The molecule has 7 nitrogen and oxygen atoms in total. The quantitative estimate of drug-likeness (QED) is 0.576. The molecule has 150 valence electrons. The van der Waals surface area contributed by atoms with E-state index in [1.54, 1.807) is 31.2 Å². The predicted molar refractivity (Wildman–Crippen MR) is 107 cm³/mol. The number of nitrogens with zero attached hydrogens (tertiary/aromatic N) is 1. The highest BCUT2D eigenvalue weighted by molar-refractivity contribution is 6.30. The van der Waals surface area contributed by atoms with Gasteiger partial charge in [-0.25, -0.2) is 4.79 Å². The van der Waals surface area contributed by atoms with Crippen molar-refractivity contribution in [2.75, 3.05) is 11.9 Å². The van der Waals surface area contributed by atoms with Crippen LogP contribution in [-0.4, -0.2) is 41.2 Å². The van der Waals surface area contributed by atoms with Crippen molar-refractivity contribution in [3.63, 3.8) is 0 Å². The second-order valence-electron chi connectivity index (χ2n) is 6.63. The van der Waals surface area contributed by atoms with E-state index >= 15 is 0 Å². The minimum Gasteiger partial charge on any atom is -0.452 e. The molecule has 1 heterocycles. The molecule has 0 unspecified atom stereocenters. The number of nitrogens with one attached hydrogen (secondary N) is 1. The minimum atomic E-state index is -0.763. The number of halogens is 1. The van der Waals surface area contributed by atoms with Crippen LogP contribution in [-0.2, 0) is 9.53 Å². The van der Waals surface area contributed by atoms with Gasteiger partial charge >= 0.3 is 5.97 Å². The van der Waals surface area contributed by atoms with Crippen LogP contribution in [0.5, 0.6) is 0 Å². The summed E-state index contributed by atoms with van der Waals surface area (Å²) in [5.41, 5.74) is 1.03. The molecule has 0 radical (unpaired) electrons. The van der Waals surface area contributed by atoms with Crippen LogP contribution in [0, 0.1) is 0 Å². The van der Waals surface area contributed by atoms with Crippen molar-refractivity contribution in [2.24, 2.45) is 0 Å². The molecule has 0 aromatic heterocycles. The number of hydrogen-bond donors (Lipinski definition) is 1. The van der Waals surface area contributed by atoms with Gasteiger partial charge < -0.3 is 10.1 Å². The van der Waals surface area contributed by atoms with Gasteiger partial charge in [-0.3, -0.25) is 19.3 Å². The fraction of sp³-hybridized carbons (Fsp3) is 0.238. The van der Waals surface area contributed by atoms with Gasteiger partial charge in [-0.2, -0.15) is 0 Å². The molecule has 0 aliphatic carbocycles. The number of fused-ring (bicyclic) bond motifs is 1. The molecule has 0 bridgehead atoms. The van der Waals surface area contributed by atoms with Crippen LogP contribution in [0.25, 0.3) is 0 Å². The third-order valence-corrected chi connectivity index (χ3v) is 4.90. The number of esters is 1. The fourth-order valence-electron chi connectivity index (χ4n) is 2.91. The highest BCUT2D eigenvalue weighted by atomic mass is 35.5. The smallest absolute Gasteiger partial charge is 0.338 e. The lowest BCUT2D eigenvalue weighted by atomic mass is 10.1. The van der Waals surface area contributed by atoms with Gasteiger partial charge in [-0.1, -0.05) is 18.5 Å². The first-order valence-electron chi connectivity index (χ1n) is 9.06. The molecular formula is C21H19ClN2O5. The van der Waals surface area contributed by atoms with E-state index in [0.29, 0.717) is 17.1 Å². The molecule has 0 fully saturated rings. The van der Waals surface area contributed by atoms with Crippen LogP contribution in [0.2, 0.25) is 5.02 Å². The number of ether oxygens (including phenoxy) is 1. The average molecular weight is 415 g/mol. The number of benzene rings is 2. The molecule has 2 aromatic rings. The fourth-order valence-corrected chi connectivity index (χ4v) is 3.04. The molecule has 1 aliphatic rings. The van der Waals surface area contributed by atoms with Crippen LogP contribution in [0.3, 0.4) is 0 Å². The molecule has 0 saturated carbocycles. The second kappa shape index (κ2) is 8.45. The topological polar surface area (TPSA) is 92.8 Å². The zero-order chi connectivity index (χ0) is 21.1. The molecule has 3 amide bonds. The number of carbonyl (C=O) groups is 4. The third-order valence-electron chi connectivity index (χ3n) is 4.65. The molecule has 1 atom stereocenters. The van der Waals surface area contributed by atoms with Gasteiger partial charge in [0, 0.05) is 16.8 Å². The lowest BCUT2D eigenvalue weighted by Crippen LogP contribution is -2.37. The minimum absolute atomic E-state index is 0.0928. The third kappa shape index (κ3) is 4.30. The number of rotatable bonds is 6. The van der Waals surface area contributed by atoms with Crippen LogP contribution < -0.4 is 5.32 Å². The zero-order valence-electron chi connectivity index (χ0n) is 15.9. The maximum atomic E-state index is 12.6. The van der Waals surface area contributed by atoms with Gasteiger partial charge in [-0.15, -0.1) is 0 Å². The monoisotopic (exact) mass is 414 g/mol. The first kappa shape index (κ1) is 20.5. The summed E-state index contributed by atoms with van der Waals surface area (Å²) in [6.45, 7) is 3.17. The molecule has 0 spiro atoms. The standard InChI is InChI=1S/C21H19ClN2O5/c1-3-12(2)24-19(26)16-9-4-13(10-17(16)20(24)27)21(28)29-11-18(25)23-15-7-5-14(22)6-8-15/h4-10,12H,3,11H2,1-2H3,(H,23,25)/t12-/m1/s1. The van der Waals surface area contributed by atoms with E-state index in [0.717, 1.165) is 0 Å². The van der Waals surface area contributed by atoms with E-state index in [1.165, 1.54) is 23.1 Å². The summed E-state index contributed by atoms with van der Waals surface area (Å²) in [7, 11) is 0. The van der Waals surface area contributed by atoms with Crippen LogP contribution in [0.4, 0.5) is 5.69 Å². The largest absolute Gasteiger partial charge is 0.452 e. The van der Waals surface area contributed by atoms with E-state index in [-0.39, 0.29) is 28.6 Å². The maximum Gasteiger partial charge on any atom is 0.338 e. The molecule has 8 heteroatoms. The van der Waals surface area contributed by atoms with Gasteiger partial charge in [0.2, 0.25) is 0 Å². The SMILES string of the molecule is CC[C@@H](C)N1C(=O)c2ccc(C(=O)OCC(=O)Nc3ccc(Cl)cc3)cc2C1=O. The summed E-state index contributed by atoms with van der Waals surface area (Å²) in [6, 6.07) is 10.4. The van der Waals surface area contributed by atoms with Crippen molar-refractivity contribution in [3.8, 4) is 0 Å². The van der Waals surface area contributed by atoms with Crippen molar-refractivity contribution < 1.29 is 23.9 Å². The summed E-state index contributed by atoms with van der Waals surface area (Å²) < 4.78 is 5.02. The second-order valence-corrected chi connectivity index (χ2v) is 7.07. The van der Waals surface area contributed by atoms with Crippen LogP contribution >= 0.6 is 11.6 Å². The Bertz CT molecular complexity index is 987. The molecule has 1 aliphatic heterocycles. The Hall–Kier alpha value is -3.19. The molecule has 3 rings (SSSR count). The Kier molecular flexibility index (Phi) is 5.98. The van der Waals surface area contributed by atoms with Gasteiger partial charge in [0.1, 0.15) is 0 Å². The van der Waals surface area contributed by atoms with E-state index in [2.05, 4.69) is 5.32 Å². The normalized spacial score (nSPS) is 13.8. The van der Waals surface area contributed by atoms with Gasteiger partial charge in [0.05, 0.1) is 16.7 Å². The maximum absolute atomic E-state index is 12.6. The van der Waals surface area contributed by atoms with E-state index in [1.807, 2.05) is 6.92 Å². The lowest BCUT2D eigenvalue weighted by Gasteiger charge is -2.20. The van der Waals surface area contributed by atoms with Crippen molar-refractivity contribution in [1.82, 2.24) is 4.90 Å². The predicted octanol–water partition coefficient (Wildman–Crippen LogP) is 3.53. The molecular weight excluding hydrogens is 396 g/mol. The lowest BCUT2D eigenvalue weighted by molar-refractivity contribution is -0.119. The molecule has 29 heavy (non-hydrogen) atoms. The molecule has 1 N–H and O–H groups in total. The van der Waals surface area contributed by atoms with Gasteiger partial charge in [0.25, 0.3) is 17.7 Å². The summed E-state index contributed by atoms with van der Waals surface area (Å²) in [6.07, 6.45) is 0.628. The van der Waals surface area contributed by atoms with Crippen LogP contribution in [0.15, 0.2) is 42.5 Å². The average Bonchev–Trinajstić information content (AvgIpc) is 2.97. The number of anilines is 1. The van der Waals surface area contributed by atoms with Crippen molar-refractivity contribution in [3.05, 3.63) is 64.2 Å². The van der Waals surface area contributed by atoms with Crippen molar-refractivity contribution in [2.45, 2.75) is 26.3 Å². The Balaban J connectivity index is 1.65. The first-order valence-corrected chi connectivity index (χ1v) is 9.44. The highest BCUT2D eigenvalue weighted by Gasteiger charge is 2.38. The number of carbonyl (C=O) groups excluding carboxylic acids is 4. The van der Waals surface area contributed by atoms with Crippen molar-refractivity contribution >= 4 is 41.0 Å². The van der Waals surface area contributed by atoms with E-state index < -0.39 is 24.4 Å². The molecule has 0 saturated heterocycles. The Morgan fingerprint density at radius 1 is 1.07 bits per heavy atom. The zero-order valence-corrected chi connectivity index (χ0v) is 16.7. The van der Waals surface area contributed by atoms with Crippen molar-refractivity contribution in [1.29, 1.82) is 0 Å². The van der Waals surface area contributed by atoms with E-state index in [9.17, 15) is 19.2 Å². The Morgan fingerprint density at radius 2 is 1.72 bits per heavy atom. The summed E-state index contributed by atoms with van der Waals surface area (Å²) >= 11 is 5.78. The Morgan fingerprint density at radius 3 is 2.38 bits per heavy atom. The highest BCUT2D eigenvalue weighted by Crippen LogP contribution is 2.26. The summed E-state index contributed by atoms with van der Waals surface area (Å²) in [5.74, 6) is -2.09. The van der Waals surface area contributed by atoms with Gasteiger partial charge in [0.15, 0.2) is 6.61 Å². The first-order chi connectivity index (χ1) is 13.8.